The Labute approximate surface area is 154 Å². The molecule has 0 radical (unpaired) electrons. The van der Waals surface area contributed by atoms with Gasteiger partial charge in [0.05, 0.1) is 12.1 Å². The predicted molar refractivity (Wildman–Crippen MR) is 94.3 cm³/mol. The fourth-order valence-electron chi connectivity index (χ4n) is 2.89. The first-order valence-electron chi connectivity index (χ1n) is 8.51. The van der Waals surface area contributed by atoms with Crippen molar-refractivity contribution in [3.8, 4) is 0 Å². The van der Waals surface area contributed by atoms with Crippen LogP contribution in [0.4, 0.5) is 18.3 Å². The number of aromatic nitrogens is 1. The number of nitrogens with one attached hydrogen (secondary N) is 1. The summed E-state index contributed by atoms with van der Waals surface area (Å²) in [5.74, 6) is 0. The largest absolute Gasteiger partial charge is 0.434 e. The molecule has 2 heterocycles. The molecule has 26 heavy (non-hydrogen) atoms. The summed E-state index contributed by atoms with van der Waals surface area (Å²) >= 11 is 0.946. The lowest BCUT2D eigenvalue weighted by Gasteiger charge is -2.31. The Hall–Kier alpha value is -1.64. The molecule has 1 aromatic carbocycles. The summed E-state index contributed by atoms with van der Waals surface area (Å²) < 4.78 is 49.9. The number of alkyl halides is 3. The molecule has 1 N–H and O–H groups in total. The number of hydrogen-bond donors (Lipinski definition) is 1. The summed E-state index contributed by atoms with van der Waals surface area (Å²) in [4.78, 5) is 3.65. The molecule has 2 aromatic rings. The molecule has 4 nitrogen and oxygen atoms in total. The van der Waals surface area contributed by atoms with Crippen molar-refractivity contribution in [2.24, 2.45) is 0 Å². The molecule has 1 aliphatic rings. The molecule has 2 unspecified atom stereocenters. The third kappa shape index (κ3) is 4.96. The van der Waals surface area contributed by atoms with E-state index in [-0.39, 0.29) is 23.4 Å². The van der Waals surface area contributed by atoms with Crippen molar-refractivity contribution in [3.63, 3.8) is 0 Å². The van der Waals surface area contributed by atoms with Crippen LogP contribution < -0.4 is 5.32 Å². The zero-order valence-corrected chi connectivity index (χ0v) is 15.1. The Bertz CT molecular complexity index is 687. The van der Waals surface area contributed by atoms with Gasteiger partial charge in [-0.1, -0.05) is 30.3 Å². The molecule has 0 spiro atoms. The van der Waals surface area contributed by atoms with E-state index in [0.29, 0.717) is 13.2 Å². The number of hydrogen-bond acceptors (Lipinski definition) is 5. The van der Waals surface area contributed by atoms with Crippen molar-refractivity contribution in [2.75, 3.05) is 18.5 Å². The third-order valence-electron chi connectivity index (χ3n) is 4.24. The van der Waals surface area contributed by atoms with Crippen molar-refractivity contribution in [1.29, 1.82) is 0 Å². The summed E-state index contributed by atoms with van der Waals surface area (Å²) in [7, 11) is 0. The fourth-order valence-corrected chi connectivity index (χ4v) is 3.70. The molecular formula is C18H21F3N2O2S. The van der Waals surface area contributed by atoms with E-state index in [1.54, 1.807) is 0 Å². The van der Waals surface area contributed by atoms with E-state index in [4.69, 9.17) is 9.47 Å². The first-order chi connectivity index (χ1) is 12.4. The van der Waals surface area contributed by atoms with Crippen LogP contribution in [-0.2, 0) is 15.7 Å². The Morgan fingerprint density at radius 2 is 1.92 bits per heavy atom. The molecule has 3 rings (SSSR count). The quantitative estimate of drug-likeness (QED) is 0.767. The summed E-state index contributed by atoms with van der Waals surface area (Å²) in [5.41, 5.74) is 0.102. The molecule has 0 amide bonds. The SMILES string of the molecule is CC(Nc1nc(C(F)(F)F)cs1)C(OC1CCOCC1)c1ccccc1. The van der Waals surface area contributed by atoms with Crippen LogP contribution in [0.3, 0.4) is 0 Å². The van der Waals surface area contributed by atoms with Gasteiger partial charge in [-0.25, -0.2) is 4.98 Å². The maximum atomic E-state index is 12.8. The second-order valence-electron chi connectivity index (χ2n) is 6.25. The van der Waals surface area contributed by atoms with Gasteiger partial charge in [-0.15, -0.1) is 11.3 Å². The van der Waals surface area contributed by atoms with Crippen molar-refractivity contribution in [3.05, 3.63) is 47.0 Å². The summed E-state index contributed by atoms with van der Waals surface area (Å²) in [6, 6.07) is 9.45. The van der Waals surface area contributed by atoms with Crippen LogP contribution in [0, 0.1) is 0 Å². The average molecular weight is 386 g/mol. The first-order valence-corrected chi connectivity index (χ1v) is 9.39. The molecule has 0 aliphatic carbocycles. The molecule has 0 bridgehead atoms. The van der Waals surface area contributed by atoms with Crippen LogP contribution >= 0.6 is 11.3 Å². The minimum atomic E-state index is -4.43. The highest BCUT2D eigenvalue weighted by molar-refractivity contribution is 7.13. The molecule has 1 aromatic heterocycles. The molecule has 142 valence electrons. The fraction of sp³-hybridized carbons (Fsp3) is 0.500. The van der Waals surface area contributed by atoms with Crippen LogP contribution in [0.5, 0.6) is 0 Å². The van der Waals surface area contributed by atoms with Gasteiger partial charge in [0.15, 0.2) is 10.8 Å². The summed E-state index contributed by atoms with van der Waals surface area (Å²) in [6.45, 7) is 3.22. The van der Waals surface area contributed by atoms with Crippen molar-refractivity contribution < 1.29 is 22.6 Å². The molecule has 1 saturated heterocycles. The van der Waals surface area contributed by atoms with Crippen molar-refractivity contribution in [2.45, 2.75) is 44.2 Å². The Morgan fingerprint density at radius 3 is 2.54 bits per heavy atom. The lowest BCUT2D eigenvalue weighted by Crippen LogP contribution is -2.32. The second kappa shape index (κ2) is 8.37. The van der Waals surface area contributed by atoms with Gasteiger partial charge in [0.25, 0.3) is 0 Å². The smallest absolute Gasteiger partial charge is 0.381 e. The molecule has 8 heteroatoms. The van der Waals surface area contributed by atoms with Gasteiger partial charge in [-0.05, 0) is 25.3 Å². The maximum Gasteiger partial charge on any atom is 0.434 e. The van der Waals surface area contributed by atoms with Gasteiger partial charge in [-0.3, -0.25) is 0 Å². The maximum absolute atomic E-state index is 12.8. The average Bonchev–Trinajstić information content (AvgIpc) is 3.10. The lowest BCUT2D eigenvalue weighted by molar-refractivity contribution is -0.140. The van der Waals surface area contributed by atoms with Crippen LogP contribution in [0.1, 0.15) is 37.1 Å². The number of halogens is 3. The predicted octanol–water partition coefficient (Wildman–Crippen LogP) is 4.90. The van der Waals surface area contributed by atoms with E-state index in [2.05, 4.69) is 10.3 Å². The summed E-state index contributed by atoms with van der Waals surface area (Å²) in [6.07, 6.45) is -3.04. The zero-order chi connectivity index (χ0) is 18.6. The van der Waals surface area contributed by atoms with E-state index < -0.39 is 11.9 Å². The van der Waals surface area contributed by atoms with Crippen molar-refractivity contribution >= 4 is 16.5 Å². The Balaban J connectivity index is 1.73. The normalized spacial score (nSPS) is 18.5. The van der Waals surface area contributed by atoms with Gasteiger partial charge in [0.1, 0.15) is 6.10 Å². The van der Waals surface area contributed by atoms with Gasteiger partial charge in [0, 0.05) is 18.6 Å². The van der Waals surface area contributed by atoms with E-state index in [1.807, 2.05) is 37.3 Å². The highest BCUT2D eigenvalue weighted by atomic mass is 32.1. The number of anilines is 1. The van der Waals surface area contributed by atoms with Gasteiger partial charge < -0.3 is 14.8 Å². The zero-order valence-electron chi connectivity index (χ0n) is 14.3. The van der Waals surface area contributed by atoms with Crippen LogP contribution in [-0.4, -0.2) is 30.3 Å². The number of nitrogens with zero attached hydrogens (tertiary/aromatic N) is 1. The number of benzene rings is 1. The number of ether oxygens (including phenoxy) is 2. The lowest BCUT2D eigenvalue weighted by atomic mass is 10.0. The minimum absolute atomic E-state index is 0.0697. The van der Waals surface area contributed by atoms with Crippen LogP contribution in [0.2, 0.25) is 0 Å². The molecule has 1 aliphatic heterocycles. The van der Waals surface area contributed by atoms with Crippen molar-refractivity contribution in [1.82, 2.24) is 4.98 Å². The van der Waals surface area contributed by atoms with Crippen LogP contribution in [0.25, 0.3) is 0 Å². The van der Waals surface area contributed by atoms with E-state index in [9.17, 15) is 13.2 Å². The molecule has 0 saturated carbocycles. The summed E-state index contributed by atoms with van der Waals surface area (Å²) in [5, 5.41) is 4.33. The molecule has 2 atom stereocenters. The third-order valence-corrected chi connectivity index (χ3v) is 5.01. The van der Waals surface area contributed by atoms with Crippen LogP contribution in [0.15, 0.2) is 35.7 Å². The second-order valence-corrected chi connectivity index (χ2v) is 7.11. The highest BCUT2D eigenvalue weighted by Crippen LogP contribution is 2.33. The Morgan fingerprint density at radius 1 is 1.23 bits per heavy atom. The topological polar surface area (TPSA) is 43.4 Å². The standard InChI is InChI=1S/C18H21F3N2O2S/c1-12(22-17-23-15(11-26-17)18(19,20)21)16(13-5-3-2-4-6-13)25-14-7-9-24-10-8-14/h2-6,11-12,14,16H,7-10H2,1H3,(H,22,23). The van der Waals surface area contributed by atoms with E-state index in [1.165, 1.54) is 0 Å². The van der Waals surface area contributed by atoms with E-state index in [0.717, 1.165) is 35.1 Å². The number of thiazole rings is 1. The highest BCUT2D eigenvalue weighted by Gasteiger charge is 2.34. The first kappa shape index (κ1) is 19.1. The van der Waals surface area contributed by atoms with Gasteiger partial charge in [0.2, 0.25) is 0 Å². The molecular weight excluding hydrogens is 365 g/mol. The van der Waals surface area contributed by atoms with Gasteiger partial charge >= 0.3 is 6.18 Å². The monoisotopic (exact) mass is 386 g/mol. The van der Waals surface area contributed by atoms with Gasteiger partial charge in [-0.2, -0.15) is 13.2 Å². The molecule has 1 fully saturated rings. The Kier molecular flexibility index (Phi) is 6.16. The minimum Gasteiger partial charge on any atom is -0.381 e. The van der Waals surface area contributed by atoms with E-state index >= 15 is 0 Å². The number of rotatable bonds is 6.